The Morgan fingerprint density at radius 1 is 1.35 bits per heavy atom. The summed E-state index contributed by atoms with van der Waals surface area (Å²) in [6, 6.07) is 8.55. The maximum absolute atomic E-state index is 6.21. The maximum atomic E-state index is 6.21. The van der Waals surface area contributed by atoms with Gasteiger partial charge in [0.25, 0.3) is 0 Å². The van der Waals surface area contributed by atoms with Crippen LogP contribution in [0.15, 0.2) is 41.9 Å². The number of nitrogens with one attached hydrogen (secondary N) is 2. The average Bonchev–Trinajstić information content (AvgIpc) is 2.62. The maximum Gasteiger partial charge on any atom is 0.191 e. The quantitative estimate of drug-likeness (QED) is 0.189. The van der Waals surface area contributed by atoms with Crippen LogP contribution >= 0.6 is 35.6 Å². The second-order valence-electron chi connectivity index (χ2n) is 6.46. The number of halogens is 2. The fraction of sp³-hybridized carbons (Fsp3) is 0.550. The lowest BCUT2D eigenvalue weighted by atomic mass is 10.1. The minimum Gasteiger partial charge on any atom is -0.357 e. The fourth-order valence-electron chi connectivity index (χ4n) is 3.12. The minimum absolute atomic E-state index is 0. The number of likely N-dealkylation sites (tertiary alicyclic amines) is 1. The molecule has 146 valence electrons. The van der Waals surface area contributed by atoms with Crippen molar-refractivity contribution >= 4 is 41.5 Å². The van der Waals surface area contributed by atoms with Crippen LogP contribution in [0, 0.1) is 0 Å². The molecular formula is C20H32ClIN4. The summed E-state index contributed by atoms with van der Waals surface area (Å²) in [7, 11) is 0. The van der Waals surface area contributed by atoms with Gasteiger partial charge in [-0.15, -0.1) is 30.6 Å². The van der Waals surface area contributed by atoms with Crippen LogP contribution in [0.5, 0.6) is 0 Å². The number of hydrogen-bond donors (Lipinski definition) is 2. The first-order valence-corrected chi connectivity index (χ1v) is 9.72. The largest absolute Gasteiger partial charge is 0.357 e. The summed E-state index contributed by atoms with van der Waals surface area (Å²) >= 11 is 6.21. The number of piperidine rings is 1. The summed E-state index contributed by atoms with van der Waals surface area (Å²) in [5, 5.41) is 7.80. The van der Waals surface area contributed by atoms with Crippen molar-refractivity contribution in [2.75, 3.05) is 32.7 Å². The molecule has 2 rings (SSSR count). The van der Waals surface area contributed by atoms with Crippen LogP contribution in [0.2, 0.25) is 5.02 Å². The van der Waals surface area contributed by atoms with Crippen LogP contribution in [-0.2, 0) is 6.42 Å². The molecule has 26 heavy (non-hydrogen) atoms. The van der Waals surface area contributed by atoms with Crippen molar-refractivity contribution in [1.29, 1.82) is 0 Å². The molecule has 1 saturated heterocycles. The molecule has 0 atom stereocenters. The Morgan fingerprint density at radius 2 is 2.08 bits per heavy atom. The van der Waals surface area contributed by atoms with Gasteiger partial charge in [-0.25, -0.2) is 0 Å². The standard InChI is InChI=1S/C20H31ClN4.HI/c1-3-14-25-15-11-18(12-16-25)24-20(22-4-2)23-13-7-9-17-8-5-6-10-19(17)21;/h3,5-6,8,10,18H,1,4,7,9,11-16H2,2H3,(H2,22,23,24);1H. The zero-order valence-electron chi connectivity index (χ0n) is 15.7. The second-order valence-corrected chi connectivity index (χ2v) is 6.87. The Bertz CT molecular complexity index is 556. The first kappa shape index (κ1) is 23.2. The van der Waals surface area contributed by atoms with E-state index in [1.165, 1.54) is 5.56 Å². The Morgan fingerprint density at radius 3 is 2.73 bits per heavy atom. The predicted molar refractivity (Wildman–Crippen MR) is 124 cm³/mol. The van der Waals surface area contributed by atoms with Crippen molar-refractivity contribution in [2.45, 2.75) is 38.6 Å². The van der Waals surface area contributed by atoms with E-state index < -0.39 is 0 Å². The third-order valence-corrected chi connectivity index (χ3v) is 4.86. The minimum atomic E-state index is 0. The lowest BCUT2D eigenvalue weighted by Gasteiger charge is -2.32. The van der Waals surface area contributed by atoms with E-state index in [-0.39, 0.29) is 24.0 Å². The molecule has 6 heteroatoms. The lowest BCUT2D eigenvalue weighted by molar-refractivity contribution is 0.225. The van der Waals surface area contributed by atoms with Crippen molar-refractivity contribution in [3.63, 3.8) is 0 Å². The number of guanidine groups is 1. The number of rotatable bonds is 8. The van der Waals surface area contributed by atoms with E-state index in [2.05, 4.69) is 35.1 Å². The number of aryl methyl sites for hydroxylation is 1. The van der Waals surface area contributed by atoms with E-state index in [4.69, 9.17) is 16.6 Å². The summed E-state index contributed by atoms with van der Waals surface area (Å²) in [6.07, 6.45) is 6.24. The molecule has 0 unspecified atom stereocenters. The third kappa shape index (κ3) is 8.27. The van der Waals surface area contributed by atoms with E-state index in [9.17, 15) is 0 Å². The molecule has 1 fully saturated rings. The smallest absolute Gasteiger partial charge is 0.191 e. The number of aliphatic imine (C=N–C) groups is 1. The monoisotopic (exact) mass is 490 g/mol. The molecule has 1 aliphatic rings. The van der Waals surface area contributed by atoms with E-state index in [0.29, 0.717) is 6.04 Å². The van der Waals surface area contributed by atoms with E-state index in [1.54, 1.807) is 0 Å². The highest BCUT2D eigenvalue weighted by Crippen LogP contribution is 2.16. The highest BCUT2D eigenvalue weighted by atomic mass is 127. The third-order valence-electron chi connectivity index (χ3n) is 4.49. The Hall–Kier alpha value is -0.790. The first-order chi connectivity index (χ1) is 12.2. The van der Waals surface area contributed by atoms with Crippen LogP contribution in [-0.4, -0.2) is 49.6 Å². The van der Waals surface area contributed by atoms with Crippen LogP contribution in [0.1, 0.15) is 31.7 Å². The van der Waals surface area contributed by atoms with Crippen molar-refractivity contribution in [3.05, 3.63) is 47.5 Å². The molecule has 1 aromatic carbocycles. The van der Waals surface area contributed by atoms with Gasteiger partial charge < -0.3 is 10.6 Å². The van der Waals surface area contributed by atoms with Crippen molar-refractivity contribution in [2.24, 2.45) is 4.99 Å². The normalized spacial score (nSPS) is 16.0. The predicted octanol–water partition coefficient (Wildman–Crippen LogP) is 4.10. The van der Waals surface area contributed by atoms with Crippen LogP contribution in [0.25, 0.3) is 0 Å². The Kier molecular flexibility index (Phi) is 12.0. The number of nitrogens with zero attached hydrogens (tertiary/aromatic N) is 2. The van der Waals surface area contributed by atoms with Gasteiger partial charge in [-0.1, -0.05) is 35.9 Å². The molecule has 0 aromatic heterocycles. The van der Waals surface area contributed by atoms with Crippen molar-refractivity contribution in [3.8, 4) is 0 Å². The molecule has 1 aliphatic heterocycles. The number of hydrogen-bond acceptors (Lipinski definition) is 2. The zero-order chi connectivity index (χ0) is 17.9. The summed E-state index contributed by atoms with van der Waals surface area (Å²) < 4.78 is 0. The molecule has 0 saturated carbocycles. The topological polar surface area (TPSA) is 39.7 Å². The van der Waals surface area contributed by atoms with Gasteiger partial charge in [0.2, 0.25) is 0 Å². The lowest BCUT2D eigenvalue weighted by Crippen LogP contribution is -2.48. The van der Waals surface area contributed by atoms with E-state index >= 15 is 0 Å². The molecule has 0 aliphatic carbocycles. The number of benzene rings is 1. The summed E-state index contributed by atoms with van der Waals surface area (Å²) in [4.78, 5) is 7.17. The fourth-order valence-corrected chi connectivity index (χ4v) is 3.35. The molecule has 1 heterocycles. The highest BCUT2D eigenvalue weighted by molar-refractivity contribution is 14.0. The van der Waals surface area contributed by atoms with Crippen molar-refractivity contribution in [1.82, 2.24) is 15.5 Å². The molecule has 0 spiro atoms. The van der Waals surface area contributed by atoms with Gasteiger partial charge >= 0.3 is 0 Å². The Balaban J connectivity index is 0.00000338. The molecule has 0 bridgehead atoms. The van der Waals surface area contributed by atoms with Gasteiger partial charge in [0.15, 0.2) is 5.96 Å². The van der Waals surface area contributed by atoms with Gasteiger partial charge in [0, 0.05) is 43.8 Å². The van der Waals surface area contributed by atoms with Gasteiger partial charge in [-0.2, -0.15) is 0 Å². The SMILES string of the molecule is C=CCN1CCC(NC(=NCCCc2ccccc2Cl)NCC)CC1.I. The van der Waals surface area contributed by atoms with E-state index in [0.717, 1.165) is 69.4 Å². The van der Waals surface area contributed by atoms with Crippen molar-refractivity contribution < 1.29 is 0 Å². The van der Waals surface area contributed by atoms with Crippen LogP contribution in [0.3, 0.4) is 0 Å². The Labute approximate surface area is 180 Å². The zero-order valence-corrected chi connectivity index (χ0v) is 18.8. The van der Waals surface area contributed by atoms with Gasteiger partial charge in [0.05, 0.1) is 0 Å². The molecule has 0 radical (unpaired) electrons. The second kappa shape index (κ2) is 13.4. The van der Waals surface area contributed by atoms with E-state index in [1.807, 2.05) is 24.3 Å². The highest BCUT2D eigenvalue weighted by Gasteiger charge is 2.18. The molecule has 0 amide bonds. The molecular weight excluding hydrogens is 459 g/mol. The van der Waals surface area contributed by atoms with Gasteiger partial charge in [-0.05, 0) is 44.2 Å². The average molecular weight is 491 g/mol. The molecule has 4 nitrogen and oxygen atoms in total. The molecule has 1 aromatic rings. The summed E-state index contributed by atoms with van der Waals surface area (Å²) in [6.45, 7) is 10.8. The van der Waals surface area contributed by atoms with Crippen LogP contribution in [0.4, 0.5) is 0 Å². The first-order valence-electron chi connectivity index (χ1n) is 9.34. The van der Waals surface area contributed by atoms with Crippen LogP contribution < -0.4 is 10.6 Å². The summed E-state index contributed by atoms with van der Waals surface area (Å²) in [5.41, 5.74) is 1.20. The summed E-state index contributed by atoms with van der Waals surface area (Å²) in [5.74, 6) is 0.934. The molecule has 2 N–H and O–H groups in total. The van der Waals surface area contributed by atoms with Gasteiger partial charge in [0.1, 0.15) is 0 Å². The van der Waals surface area contributed by atoms with Gasteiger partial charge in [-0.3, -0.25) is 9.89 Å².